The highest BCUT2D eigenvalue weighted by atomic mass is 32.2. The van der Waals surface area contributed by atoms with Gasteiger partial charge in [0, 0.05) is 11.8 Å². The van der Waals surface area contributed by atoms with Crippen LogP contribution in [0.5, 0.6) is 11.5 Å². The third kappa shape index (κ3) is 6.32. The van der Waals surface area contributed by atoms with Gasteiger partial charge in [-0.25, -0.2) is 0 Å². The molecule has 4 N–H and O–H groups in total. The van der Waals surface area contributed by atoms with Crippen LogP contribution >= 0.6 is 11.8 Å². The zero-order chi connectivity index (χ0) is 18.3. The van der Waals surface area contributed by atoms with Gasteiger partial charge in [-0.2, -0.15) is 8.42 Å². The van der Waals surface area contributed by atoms with Gasteiger partial charge in [-0.15, -0.1) is 0 Å². The van der Waals surface area contributed by atoms with Gasteiger partial charge in [0.1, 0.15) is 16.4 Å². The number of ether oxygens (including phenoxy) is 1. The Bertz CT molecular complexity index is 824. The van der Waals surface area contributed by atoms with Crippen LogP contribution in [0, 0.1) is 6.92 Å². The molecule has 2 aromatic carbocycles. The van der Waals surface area contributed by atoms with Crippen LogP contribution in [-0.2, 0) is 10.1 Å². The Hall–Kier alpha value is -2.19. The largest absolute Gasteiger partial charge is 0.493 e. The second-order valence-corrected chi connectivity index (χ2v) is 8.00. The van der Waals surface area contributed by atoms with Crippen LogP contribution in [0.25, 0.3) is 0 Å². The van der Waals surface area contributed by atoms with E-state index in [-0.39, 0.29) is 10.6 Å². The van der Waals surface area contributed by atoms with Gasteiger partial charge in [0.25, 0.3) is 5.17 Å². The van der Waals surface area contributed by atoms with E-state index in [1.807, 2.05) is 13.0 Å². The van der Waals surface area contributed by atoms with E-state index in [2.05, 4.69) is 0 Å². The Balaban J connectivity index is 2.02. The maximum absolute atomic E-state index is 12.3. The molecule has 134 valence electrons. The lowest BCUT2D eigenvalue weighted by molar-refractivity contribution is -0.110. The average Bonchev–Trinajstić information content (AvgIpc) is 2.54. The highest BCUT2D eigenvalue weighted by Crippen LogP contribution is 2.25. The molecule has 0 radical (unpaired) electrons. The van der Waals surface area contributed by atoms with E-state index in [0.717, 1.165) is 17.7 Å². The van der Waals surface area contributed by atoms with Crippen LogP contribution < -0.4 is 20.1 Å². The summed E-state index contributed by atoms with van der Waals surface area (Å²) in [5, 5.41) is 5.71. The number of rotatable bonds is 8. The van der Waals surface area contributed by atoms with Gasteiger partial charge in [-0.05, 0) is 54.9 Å². The van der Waals surface area contributed by atoms with Crippen molar-refractivity contribution in [3.63, 3.8) is 0 Å². The number of amidine groups is 1. The first kappa shape index (κ1) is 19.1. The van der Waals surface area contributed by atoms with Crippen LogP contribution in [0.3, 0.4) is 0 Å². The third-order valence-electron chi connectivity index (χ3n) is 3.09. The van der Waals surface area contributed by atoms with Gasteiger partial charge < -0.3 is 8.92 Å². The first-order chi connectivity index (χ1) is 11.9. The first-order valence-corrected chi connectivity index (χ1v) is 10.0. The molecule has 0 bridgehead atoms. The molecule has 6 nitrogen and oxygen atoms in total. The number of hydrogen-bond acceptors (Lipinski definition) is 5. The molecule has 0 atom stereocenters. The number of nitrogens with two attached hydrogens (primary N) is 2. The van der Waals surface area contributed by atoms with Crippen molar-refractivity contribution in [1.82, 2.24) is 0 Å². The van der Waals surface area contributed by atoms with Crippen molar-refractivity contribution in [1.29, 1.82) is 0 Å². The summed E-state index contributed by atoms with van der Waals surface area (Å²) in [5.74, 6) is 1.51. The Labute approximate surface area is 152 Å². The lowest BCUT2D eigenvalue weighted by atomic mass is 10.2. The monoisotopic (exact) mass is 381 g/mol. The summed E-state index contributed by atoms with van der Waals surface area (Å²) >= 11 is 1.37. The topological polar surface area (TPSA) is 104 Å². The molecule has 8 heteroatoms. The van der Waals surface area contributed by atoms with Gasteiger partial charge in [-0.3, -0.25) is 11.1 Å². The molecule has 0 unspecified atom stereocenters. The highest BCUT2D eigenvalue weighted by molar-refractivity contribution is 8.13. The Kier molecular flexibility index (Phi) is 6.72. The predicted molar refractivity (Wildman–Crippen MR) is 99.1 cm³/mol. The van der Waals surface area contributed by atoms with Crippen LogP contribution in [-0.4, -0.2) is 25.9 Å². The fourth-order valence-electron chi connectivity index (χ4n) is 2.05. The SMILES string of the molecule is Cc1cc(OCCCSC(N)=[NH2+])cc(OS(=O)(=O)c2ccccc2)c1. The summed E-state index contributed by atoms with van der Waals surface area (Å²) < 4.78 is 35.5. The maximum Gasteiger partial charge on any atom is 0.339 e. The summed E-state index contributed by atoms with van der Waals surface area (Å²) in [6.07, 6.45) is 0.759. The highest BCUT2D eigenvalue weighted by Gasteiger charge is 2.16. The van der Waals surface area contributed by atoms with Gasteiger partial charge in [0.15, 0.2) is 0 Å². The molecule has 0 amide bonds. The Morgan fingerprint density at radius 2 is 1.84 bits per heavy atom. The molecule has 0 aliphatic rings. The summed E-state index contributed by atoms with van der Waals surface area (Å²) in [4.78, 5) is 0.103. The van der Waals surface area contributed by atoms with E-state index in [0.29, 0.717) is 17.5 Å². The number of thioether (sulfide) groups is 1. The summed E-state index contributed by atoms with van der Waals surface area (Å²) in [6, 6.07) is 13.0. The fraction of sp³-hybridized carbons (Fsp3) is 0.235. The van der Waals surface area contributed by atoms with E-state index in [9.17, 15) is 8.42 Å². The van der Waals surface area contributed by atoms with E-state index in [4.69, 9.17) is 20.1 Å². The minimum atomic E-state index is -3.87. The molecule has 0 spiro atoms. The molecule has 25 heavy (non-hydrogen) atoms. The molecule has 0 saturated heterocycles. The van der Waals surface area contributed by atoms with Crippen molar-refractivity contribution in [2.45, 2.75) is 18.2 Å². The van der Waals surface area contributed by atoms with E-state index < -0.39 is 10.1 Å². The molecular formula is C17H21N2O4S2+. The molecule has 0 saturated carbocycles. The number of aryl methyl sites for hydroxylation is 1. The zero-order valence-electron chi connectivity index (χ0n) is 13.8. The standard InChI is InChI=1S/C17H20N2O4S2/c1-13-10-14(22-8-5-9-24-17(18)19)12-15(11-13)23-25(20,21)16-6-3-2-4-7-16/h2-4,6-7,10-12H,5,8-9H2,1H3,(H3,18,19)/p+1. The Morgan fingerprint density at radius 1 is 1.16 bits per heavy atom. The molecule has 0 aromatic heterocycles. The van der Waals surface area contributed by atoms with E-state index in [1.54, 1.807) is 30.3 Å². The molecule has 0 aliphatic heterocycles. The van der Waals surface area contributed by atoms with E-state index >= 15 is 0 Å². The quantitative estimate of drug-likeness (QED) is 0.309. The molecular weight excluding hydrogens is 360 g/mol. The summed E-state index contributed by atoms with van der Waals surface area (Å²) in [7, 11) is -3.87. The van der Waals surface area contributed by atoms with Crippen molar-refractivity contribution >= 4 is 27.0 Å². The summed E-state index contributed by atoms with van der Waals surface area (Å²) in [6.45, 7) is 2.31. The molecule has 2 aromatic rings. The van der Waals surface area contributed by atoms with Gasteiger partial charge >= 0.3 is 10.1 Å². The molecule has 2 rings (SSSR count). The van der Waals surface area contributed by atoms with Crippen LogP contribution in [0.2, 0.25) is 0 Å². The van der Waals surface area contributed by atoms with E-state index in [1.165, 1.54) is 23.9 Å². The smallest absolute Gasteiger partial charge is 0.339 e. The first-order valence-electron chi connectivity index (χ1n) is 7.61. The summed E-state index contributed by atoms with van der Waals surface area (Å²) in [5.41, 5.74) is 6.21. The average molecular weight is 381 g/mol. The molecule has 0 heterocycles. The van der Waals surface area contributed by atoms with Crippen molar-refractivity contribution in [3.05, 3.63) is 54.1 Å². The number of benzene rings is 2. The lowest BCUT2D eigenvalue weighted by Crippen LogP contribution is -2.43. The van der Waals surface area contributed by atoms with Crippen molar-refractivity contribution in [2.75, 3.05) is 12.4 Å². The third-order valence-corrected chi connectivity index (χ3v) is 5.18. The van der Waals surface area contributed by atoms with Gasteiger partial charge in [0.05, 0.1) is 6.61 Å². The number of hydrogen-bond donors (Lipinski definition) is 2. The normalized spacial score (nSPS) is 11.1. The fourth-order valence-corrected chi connectivity index (χ4v) is 3.48. The minimum absolute atomic E-state index is 0.103. The van der Waals surface area contributed by atoms with Crippen LogP contribution in [0.4, 0.5) is 0 Å². The molecule has 0 fully saturated rings. The van der Waals surface area contributed by atoms with Crippen LogP contribution in [0.15, 0.2) is 53.4 Å². The van der Waals surface area contributed by atoms with Crippen molar-refractivity contribution in [3.8, 4) is 11.5 Å². The van der Waals surface area contributed by atoms with Crippen molar-refractivity contribution < 1.29 is 22.7 Å². The second-order valence-electron chi connectivity index (χ2n) is 5.29. The second kappa shape index (κ2) is 8.77. The van der Waals surface area contributed by atoms with Crippen LogP contribution in [0.1, 0.15) is 12.0 Å². The Morgan fingerprint density at radius 3 is 2.52 bits per heavy atom. The zero-order valence-corrected chi connectivity index (χ0v) is 15.5. The maximum atomic E-state index is 12.3. The molecule has 0 aliphatic carbocycles. The lowest BCUT2D eigenvalue weighted by Gasteiger charge is -2.11. The van der Waals surface area contributed by atoms with Gasteiger partial charge in [-0.1, -0.05) is 18.2 Å². The van der Waals surface area contributed by atoms with Crippen molar-refractivity contribution in [2.24, 2.45) is 5.73 Å². The van der Waals surface area contributed by atoms with Gasteiger partial charge in [0.2, 0.25) is 0 Å². The minimum Gasteiger partial charge on any atom is -0.493 e. The predicted octanol–water partition coefficient (Wildman–Crippen LogP) is 1.34.